The van der Waals surface area contributed by atoms with Crippen molar-refractivity contribution in [1.82, 2.24) is 0 Å². The van der Waals surface area contributed by atoms with Gasteiger partial charge < -0.3 is 15.3 Å². The summed E-state index contributed by atoms with van der Waals surface area (Å²) >= 11 is 0. The summed E-state index contributed by atoms with van der Waals surface area (Å²) in [6, 6.07) is 0. The van der Waals surface area contributed by atoms with Crippen LogP contribution in [0.15, 0.2) is 23.8 Å². The molecule has 5 heteroatoms. The van der Waals surface area contributed by atoms with Gasteiger partial charge in [-0.2, -0.15) is 0 Å². The molecule has 0 aromatic heterocycles. The van der Waals surface area contributed by atoms with Crippen LogP contribution in [0.5, 0.6) is 0 Å². The number of fused-ring (bicyclic) bond motifs is 5. The first-order valence-corrected chi connectivity index (χ1v) is 10.1. The lowest BCUT2D eigenvalue weighted by Gasteiger charge is -2.60. The Bertz CT molecular complexity index is 754. The van der Waals surface area contributed by atoms with Crippen molar-refractivity contribution in [3.8, 4) is 0 Å². The molecular weight excluding hydrogens is 344 g/mol. The normalized spacial score (nSPS) is 51.3. The summed E-state index contributed by atoms with van der Waals surface area (Å²) in [4.78, 5) is 24.4. The van der Waals surface area contributed by atoms with E-state index in [2.05, 4.69) is 13.8 Å². The molecule has 0 aromatic rings. The first-order chi connectivity index (χ1) is 12.6. The Morgan fingerprint density at radius 1 is 1.33 bits per heavy atom. The van der Waals surface area contributed by atoms with Crippen molar-refractivity contribution in [2.24, 2.45) is 34.5 Å². The number of allylic oxidation sites excluding steroid dienone is 4. The minimum atomic E-state index is -1.57. The van der Waals surface area contributed by atoms with E-state index in [0.717, 1.165) is 18.4 Å². The van der Waals surface area contributed by atoms with E-state index in [1.165, 1.54) is 0 Å². The van der Waals surface area contributed by atoms with Gasteiger partial charge in [0.25, 0.3) is 0 Å². The fourth-order valence-electron chi connectivity index (χ4n) is 7.34. The third-order valence-corrected chi connectivity index (χ3v) is 8.57. The van der Waals surface area contributed by atoms with Gasteiger partial charge in [-0.25, -0.2) is 0 Å². The van der Waals surface area contributed by atoms with E-state index in [-0.39, 0.29) is 34.9 Å². The smallest absolute Gasteiger partial charge is 0.190 e. The van der Waals surface area contributed by atoms with E-state index in [1.54, 1.807) is 12.2 Å². The molecular formula is C22H30O5. The molecule has 0 amide bonds. The van der Waals surface area contributed by atoms with Crippen molar-refractivity contribution in [2.75, 3.05) is 6.61 Å². The number of rotatable bonds is 2. The second-order valence-electron chi connectivity index (χ2n) is 9.72. The maximum atomic E-state index is 12.4. The molecule has 3 fully saturated rings. The van der Waals surface area contributed by atoms with E-state index in [4.69, 9.17) is 0 Å². The van der Waals surface area contributed by atoms with E-state index < -0.39 is 29.5 Å². The molecule has 4 rings (SSSR count). The average molecular weight is 374 g/mol. The lowest BCUT2D eigenvalue weighted by Crippen LogP contribution is -2.62. The van der Waals surface area contributed by atoms with Crippen LogP contribution in [-0.4, -0.2) is 45.2 Å². The van der Waals surface area contributed by atoms with Crippen LogP contribution in [0.25, 0.3) is 0 Å². The molecule has 4 aliphatic rings. The Kier molecular flexibility index (Phi) is 4.12. The molecule has 8 atom stereocenters. The Hall–Kier alpha value is -1.30. The van der Waals surface area contributed by atoms with Crippen molar-refractivity contribution in [1.29, 1.82) is 0 Å². The molecule has 0 heterocycles. The van der Waals surface area contributed by atoms with Gasteiger partial charge in [-0.1, -0.05) is 32.4 Å². The number of carbonyl (C=O) groups excluding carboxylic acids is 2. The fraction of sp³-hybridized carbons (Fsp3) is 0.727. The van der Waals surface area contributed by atoms with Gasteiger partial charge in [-0.15, -0.1) is 0 Å². The monoisotopic (exact) mass is 374 g/mol. The second-order valence-corrected chi connectivity index (χ2v) is 9.72. The molecule has 27 heavy (non-hydrogen) atoms. The predicted octanol–water partition coefficient (Wildman–Crippen LogP) is 1.80. The highest BCUT2D eigenvalue weighted by atomic mass is 16.3. The number of Topliss-reactive ketones (excluding diaryl/α,β-unsaturated/α-hetero) is 1. The highest BCUT2D eigenvalue weighted by molar-refractivity contribution is 6.01. The van der Waals surface area contributed by atoms with Gasteiger partial charge in [-0.05, 0) is 55.6 Å². The zero-order valence-electron chi connectivity index (χ0n) is 16.3. The Labute approximate surface area is 160 Å². The number of aliphatic hydroxyl groups excluding tert-OH is 2. The molecule has 148 valence electrons. The average Bonchev–Trinajstić information content (AvgIpc) is 2.87. The van der Waals surface area contributed by atoms with Crippen LogP contribution in [0, 0.1) is 34.5 Å². The summed E-state index contributed by atoms with van der Waals surface area (Å²) < 4.78 is 0. The number of aliphatic hydroxyl groups is 3. The van der Waals surface area contributed by atoms with Gasteiger partial charge in [0.1, 0.15) is 12.2 Å². The molecule has 4 aliphatic carbocycles. The largest absolute Gasteiger partial charge is 0.393 e. The number of hydrogen-bond donors (Lipinski definition) is 3. The van der Waals surface area contributed by atoms with Crippen LogP contribution < -0.4 is 0 Å². The van der Waals surface area contributed by atoms with Gasteiger partial charge in [0.2, 0.25) is 0 Å². The molecule has 5 nitrogen and oxygen atoms in total. The van der Waals surface area contributed by atoms with Crippen molar-refractivity contribution in [3.05, 3.63) is 23.8 Å². The summed E-state index contributed by atoms with van der Waals surface area (Å²) in [5.74, 6) is -0.0768. The zero-order chi connectivity index (χ0) is 19.8. The van der Waals surface area contributed by atoms with Gasteiger partial charge >= 0.3 is 0 Å². The van der Waals surface area contributed by atoms with E-state index in [0.29, 0.717) is 12.8 Å². The minimum absolute atomic E-state index is 0.00620. The van der Waals surface area contributed by atoms with Crippen LogP contribution in [0.2, 0.25) is 0 Å². The lowest BCUT2D eigenvalue weighted by molar-refractivity contribution is -0.180. The molecule has 0 spiro atoms. The zero-order valence-corrected chi connectivity index (χ0v) is 16.3. The number of carbonyl (C=O) groups is 2. The van der Waals surface area contributed by atoms with Crippen LogP contribution in [-0.2, 0) is 9.59 Å². The maximum Gasteiger partial charge on any atom is 0.190 e. The van der Waals surface area contributed by atoms with Gasteiger partial charge in [-0.3, -0.25) is 9.59 Å². The summed E-state index contributed by atoms with van der Waals surface area (Å²) in [5.41, 5.74) is -1.59. The molecule has 0 unspecified atom stereocenters. The highest BCUT2D eigenvalue weighted by Crippen LogP contribution is 2.67. The van der Waals surface area contributed by atoms with Crippen LogP contribution in [0.4, 0.5) is 0 Å². The minimum Gasteiger partial charge on any atom is -0.393 e. The van der Waals surface area contributed by atoms with Crippen molar-refractivity contribution in [3.63, 3.8) is 0 Å². The van der Waals surface area contributed by atoms with E-state index >= 15 is 0 Å². The third kappa shape index (κ3) is 2.28. The van der Waals surface area contributed by atoms with Crippen LogP contribution in [0.3, 0.4) is 0 Å². The summed E-state index contributed by atoms with van der Waals surface area (Å²) in [6.45, 7) is 5.48. The molecule has 0 aromatic carbocycles. The summed E-state index contributed by atoms with van der Waals surface area (Å²) in [6.07, 6.45) is 6.87. The Morgan fingerprint density at radius 2 is 2.04 bits per heavy atom. The second kappa shape index (κ2) is 5.85. The van der Waals surface area contributed by atoms with Crippen LogP contribution in [0.1, 0.15) is 46.5 Å². The van der Waals surface area contributed by atoms with Gasteiger partial charge in [0.05, 0.1) is 6.10 Å². The van der Waals surface area contributed by atoms with E-state index in [9.17, 15) is 24.9 Å². The van der Waals surface area contributed by atoms with E-state index in [1.807, 2.05) is 13.0 Å². The van der Waals surface area contributed by atoms with Gasteiger partial charge in [0.15, 0.2) is 11.6 Å². The van der Waals surface area contributed by atoms with Crippen molar-refractivity contribution >= 4 is 11.6 Å². The number of hydrogen-bond acceptors (Lipinski definition) is 5. The molecule has 0 radical (unpaired) electrons. The Balaban J connectivity index is 1.78. The molecule has 3 saturated carbocycles. The SMILES string of the molecule is C[C@H]1C[C@@H]2[C@@H]([C@H](O)C[C@@]3(C)[C@H]2CC[C@@]3(O)C(=O)CO)[C@@]2(C)C=CC(=O)C=C12. The van der Waals surface area contributed by atoms with Crippen LogP contribution >= 0.6 is 0 Å². The predicted molar refractivity (Wildman–Crippen MR) is 99.6 cm³/mol. The standard InChI is InChI=1S/C22H30O5/c1-12-8-14-15-5-7-22(27,18(26)11-23)21(15,3)10-17(25)19(14)20(2)6-4-13(24)9-16(12)20/h4,6,9,12,14-15,17,19,23,25,27H,5,7-8,10-11H2,1-3H3/t12-,14-,15-,17+,19-,20-,21-,22+/m0/s1. The van der Waals surface area contributed by atoms with Crippen molar-refractivity contribution < 1.29 is 24.9 Å². The summed E-state index contributed by atoms with van der Waals surface area (Å²) in [5, 5.41) is 31.9. The topological polar surface area (TPSA) is 94.8 Å². The highest BCUT2D eigenvalue weighted by Gasteiger charge is 2.68. The summed E-state index contributed by atoms with van der Waals surface area (Å²) in [7, 11) is 0. The molecule has 3 N–H and O–H groups in total. The van der Waals surface area contributed by atoms with Crippen molar-refractivity contribution in [2.45, 2.75) is 58.2 Å². The molecule has 0 aliphatic heterocycles. The Morgan fingerprint density at radius 3 is 2.70 bits per heavy atom. The number of ketones is 2. The molecule has 0 bridgehead atoms. The third-order valence-electron chi connectivity index (χ3n) is 8.57. The lowest BCUT2D eigenvalue weighted by atomic mass is 9.45. The quantitative estimate of drug-likeness (QED) is 0.685. The van der Waals surface area contributed by atoms with Gasteiger partial charge in [0, 0.05) is 16.7 Å². The first-order valence-electron chi connectivity index (χ1n) is 10.1. The first kappa shape index (κ1) is 19.0. The fourth-order valence-corrected chi connectivity index (χ4v) is 7.34. The molecule has 0 saturated heterocycles. The maximum absolute atomic E-state index is 12.4.